The van der Waals surface area contributed by atoms with Crippen LogP contribution in [0.3, 0.4) is 0 Å². The first-order chi connectivity index (χ1) is 20.6. The lowest BCUT2D eigenvalue weighted by Crippen LogP contribution is -2.40. The number of hydrogen-bond acceptors (Lipinski definition) is 7. The van der Waals surface area contributed by atoms with Gasteiger partial charge < -0.3 is 24.2 Å². The maximum absolute atomic E-state index is 12.7. The summed E-state index contributed by atoms with van der Waals surface area (Å²) < 4.78 is 17.8. The summed E-state index contributed by atoms with van der Waals surface area (Å²) >= 11 is 6.16. The zero-order valence-corrected chi connectivity index (χ0v) is 26.3. The Kier molecular flexibility index (Phi) is 9.47. The number of aromatic nitrogens is 2. The van der Waals surface area contributed by atoms with E-state index in [1.807, 2.05) is 64.2 Å². The summed E-state index contributed by atoms with van der Waals surface area (Å²) in [6, 6.07) is 11.1. The summed E-state index contributed by atoms with van der Waals surface area (Å²) in [5.74, 6) is 0.190. The van der Waals surface area contributed by atoms with Gasteiger partial charge in [-0.25, -0.2) is 4.79 Å². The molecule has 0 radical (unpaired) electrons. The van der Waals surface area contributed by atoms with Crippen LogP contribution in [0.2, 0.25) is 5.02 Å². The van der Waals surface area contributed by atoms with E-state index >= 15 is 0 Å². The molecule has 1 aromatic carbocycles. The highest BCUT2D eigenvalue weighted by Gasteiger charge is 2.40. The van der Waals surface area contributed by atoms with Gasteiger partial charge >= 0.3 is 5.97 Å². The van der Waals surface area contributed by atoms with Crippen LogP contribution in [0.5, 0.6) is 11.5 Å². The largest absolute Gasteiger partial charge is 0.488 e. The molecule has 1 saturated carbocycles. The third kappa shape index (κ3) is 7.42. The van der Waals surface area contributed by atoms with Gasteiger partial charge in [-0.2, -0.15) is 0 Å². The number of aliphatic carboxylic acids is 1. The van der Waals surface area contributed by atoms with Crippen molar-refractivity contribution < 1.29 is 24.1 Å². The molecule has 1 saturated heterocycles. The number of carbonyl (C=O) groups is 1. The highest BCUT2D eigenvalue weighted by Crippen LogP contribution is 2.49. The van der Waals surface area contributed by atoms with E-state index in [2.05, 4.69) is 9.88 Å². The summed E-state index contributed by atoms with van der Waals surface area (Å²) in [5.41, 5.74) is 3.35. The van der Waals surface area contributed by atoms with Gasteiger partial charge in [-0.05, 0) is 83.1 Å². The molecule has 0 unspecified atom stereocenters. The standard InChI is InChI=1S/C34H42ClN3O5/c1-23-29(31(32(39)40)43-33(2,3)4)30(38-17-15-34(16-18-38)13-7-8-14-34)25(22-36-23)27-12-11-24(21-37-27)41-19-20-42-28-10-6-5-9-26(28)35/h5-6,9-12,21-22,31H,7-8,13-20H2,1-4H3,(H,39,40)/t31-/m0/s1. The number of carboxylic acid groups (broad SMARTS) is 1. The maximum atomic E-state index is 12.7. The van der Waals surface area contributed by atoms with Gasteiger partial charge in [-0.1, -0.05) is 36.6 Å². The molecule has 1 spiro atoms. The van der Waals surface area contributed by atoms with E-state index in [0.717, 1.165) is 37.2 Å². The Bertz CT molecular complexity index is 1410. The fourth-order valence-electron chi connectivity index (χ4n) is 6.36. The first-order valence-electron chi connectivity index (χ1n) is 15.2. The lowest BCUT2D eigenvalue weighted by Gasteiger charge is -2.42. The molecule has 43 heavy (non-hydrogen) atoms. The van der Waals surface area contributed by atoms with Crippen LogP contribution in [0, 0.1) is 12.3 Å². The number of rotatable bonds is 10. The lowest BCUT2D eigenvalue weighted by atomic mass is 9.76. The van der Waals surface area contributed by atoms with E-state index in [1.165, 1.54) is 25.7 Å². The Morgan fingerprint density at radius 3 is 2.33 bits per heavy atom. The number of para-hydroxylation sites is 1. The maximum Gasteiger partial charge on any atom is 0.337 e. The van der Waals surface area contributed by atoms with Crippen LogP contribution in [0.1, 0.15) is 76.7 Å². The van der Waals surface area contributed by atoms with Gasteiger partial charge in [-0.15, -0.1) is 0 Å². The number of pyridine rings is 2. The van der Waals surface area contributed by atoms with Gasteiger partial charge in [0.1, 0.15) is 24.7 Å². The van der Waals surface area contributed by atoms with Crippen LogP contribution in [-0.4, -0.2) is 52.9 Å². The molecule has 2 fully saturated rings. The van der Waals surface area contributed by atoms with Crippen molar-refractivity contribution in [1.29, 1.82) is 0 Å². The molecule has 0 amide bonds. The predicted molar refractivity (Wildman–Crippen MR) is 168 cm³/mol. The summed E-state index contributed by atoms with van der Waals surface area (Å²) in [5, 5.41) is 10.9. The molecule has 5 rings (SSSR count). The number of hydrogen-bond donors (Lipinski definition) is 1. The smallest absolute Gasteiger partial charge is 0.337 e. The molecule has 8 nitrogen and oxygen atoms in total. The molecular formula is C34H42ClN3O5. The zero-order chi connectivity index (χ0) is 30.6. The Hall–Kier alpha value is -3.36. The number of piperidine rings is 1. The molecule has 1 atom stereocenters. The average Bonchev–Trinajstić information content (AvgIpc) is 3.43. The predicted octanol–water partition coefficient (Wildman–Crippen LogP) is 7.66. The molecule has 1 N–H and O–H groups in total. The number of aryl methyl sites for hydroxylation is 1. The van der Waals surface area contributed by atoms with Crippen molar-refractivity contribution >= 4 is 23.3 Å². The minimum absolute atomic E-state index is 0.327. The zero-order valence-electron chi connectivity index (χ0n) is 25.6. The van der Waals surface area contributed by atoms with Gasteiger partial charge in [0.25, 0.3) is 0 Å². The lowest BCUT2D eigenvalue weighted by molar-refractivity contribution is -0.160. The molecule has 2 aromatic heterocycles. The van der Waals surface area contributed by atoms with Crippen molar-refractivity contribution in [3.63, 3.8) is 0 Å². The number of ether oxygens (including phenoxy) is 3. The molecule has 1 aliphatic heterocycles. The van der Waals surface area contributed by atoms with E-state index < -0.39 is 17.7 Å². The number of carboxylic acids is 1. The summed E-state index contributed by atoms with van der Waals surface area (Å²) in [4.78, 5) is 24.4. The van der Waals surface area contributed by atoms with Gasteiger partial charge in [-0.3, -0.25) is 9.97 Å². The van der Waals surface area contributed by atoms with Gasteiger partial charge in [0, 0.05) is 36.1 Å². The monoisotopic (exact) mass is 607 g/mol. The summed E-state index contributed by atoms with van der Waals surface area (Å²) in [7, 11) is 0. The minimum atomic E-state index is -1.16. The first-order valence-corrected chi connectivity index (χ1v) is 15.5. The van der Waals surface area contributed by atoms with Crippen LogP contribution < -0.4 is 14.4 Å². The van der Waals surface area contributed by atoms with Crippen LogP contribution in [0.15, 0.2) is 48.8 Å². The van der Waals surface area contributed by atoms with E-state index in [-0.39, 0.29) is 0 Å². The number of benzene rings is 1. The molecule has 3 heterocycles. The SMILES string of the molecule is Cc1ncc(-c2ccc(OCCOc3ccccc3Cl)cn2)c(N2CCC3(CCCC3)CC2)c1[C@H](OC(C)(C)C)C(=O)O. The highest BCUT2D eigenvalue weighted by atomic mass is 35.5. The van der Waals surface area contributed by atoms with Crippen molar-refractivity contribution in [2.75, 3.05) is 31.2 Å². The van der Waals surface area contributed by atoms with Crippen molar-refractivity contribution in [2.45, 2.75) is 77.9 Å². The van der Waals surface area contributed by atoms with Crippen molar-refractivity contribution in [3.05, 3.63) is 65.1 Å². The van der Waals surface area contributed by atoms with Crippen molar-refractivity contribution in [1.82, 2.24) is 9.97 Å². The quantitative estimate of drug-likeness (QED) is 0.235. The average molecular weight is 608 g/mol. The van der Waals surface area contributed by atoms with E-state index in [0.29, 0.717) is 52.1 Å². The molecule has 230 valence electrons. The number of anilines is 1. The van der Waals surface area contributed by atoms with Gasteiger partial charge in [0.2, 0.25) is 0 Å². The Labute approximate surface area is 259 Å². The molecule has 1 aliphatic carbocycles. The van der Waals surface area contributed by atoms with Crippen LogP contribution in [0.4, 0.5) is 5.69 Å². The molecular weight excluding hydrogens is 566 g/mol. The second-order valence-electron chi connectivity index (χ2n) is 12.7. The Morgan fingerprint density at radius 2 is 1.70 bits per heavy atom. The third-order valence-electron chi connectivity index (χ3n) is 8.51. The van der Waals surface area contributed by atoms with E-state index in [4.69, 9.17) is 30.8 Å². The fourth-order valence-corrected chi connectivity index (χ4v) is 6.55. The van der Waals surface area contributed by atoms with E-state index in [1.54, 1.807) is 12.3 Å². The van der Waals surface area contributed by atoms with Crippen LogP contribution >= 0.6 is 11.6 Å². The minimum Gasteiger partial charge on any atom is -0.488 e. The Morgan fingerprint density at radius 1 is 1.00 bits per heavy atom. The van der Waals surface area contributed by atoms with Gasteiger partial charge in [0.05, 0.1) is 28.2 Å². The van der Waals surface area contributed by atoms with Crippen molar-refractivity contribution in [3.8, 4) is 22.8 Å². The van der Waals surface area contributed by atoms with Gasteiger partial charge in [0.15, 0.2) is 6.10 Å². The molecule has 2 aliphatic rings. The number of halogens is 1. The van der Waals surface area contributed by atoms with E-state index in [9.17, 15) is 9.90 Å². The summed E-state index contributed by atoms with van der Waals surface area (Å²) in [6.07, 6.45) is 9.70. The molecule has 0 bridgehead atoms. The van der Waals surface area contributed by atoms with Crippen LogP contribution in [0.25, 0.3) is 11.3 Å². The fraction of sp³-hybridized carbons (Fsp3) is 0.500. The first kappa shape index (κ1) is 31.1. The summed E-state index contributed by atoms with van der Waals surface area (Å²) in [6.45, 7) is 9.87. The van der Waals surface area contributed by atoms with Crippen molar-refractivity contribution in [2.24, 2.45) is 5.41 Å². The number of nitrogens with zero attached hydrogens (tertiary/aromatic N) is 3. The second-order valence-corrected chi connectivity index (χ2v) is 13.1. The Balaban J connectivity index is 1.42. The molecule has 9 heteroatoms. The second kappa shape index (κ2) is 13.1. The highest BCUT2D eigenvalue weighted by molar-refractivity contribution is 6.32. The van der Waals surface area contributed by atoms with Crippen LogP contribution in [-0.2, 0) is 9.53 Å². The molecule has 3 aromatic rings. The topological polar surface area (TPSA) is 94.0 Å². The third-order valence-corrected chi connectivity index (χ3v) is 8.82. The normalized spacial score (nSPS) is 17.2.